The number of para-hydroxylation sites is 1. The lowest BCUT2D eigenvalue weighted by Gasteiger charge is -2.06. The molecule has 0 aliphatic rings. The summed E-state index contributed by atoms with van der Waals surface area (Å²) in [5.41, 5.74) is 1.64. The molecular weight excluding hydrogens is 282 g/mol. The van der Waals surface area contributed by atoms with Crippen LogP contribution >= 0.6 is 0 Å². The van der Waals surface area contributed by atoms with Crippen molar-refractivity contribution in [2.24, 2.45) is 0 Å². The number of rotatable bonds is 4. The van der Waals surface area contributed by atoms with Crippen LogP contribution in [0.15, 0.2) is 59.3 Å². The van der Waals surface area contributed by atoms with Crippen LogP contribution in [0.4, 0.5) is 5.88 Å². The van der Waals surface area contributed by atoms with Crippen LogP contribution in [0.25, 0.3) is 11.4 Å². The Labute approximate surface area is 126 Å². The number of hydrogen-bond donors (Lipinski definition) is 1. The highest BCUT2D eigenvalue weighted by Gasteiger charge is 2.14. The number of carbonyl (C=O) groups excluding carboxylic acids is 1. The van der Waals surface area contributed by atoms with Crippen molar-refractivity contribution in [3.63, 3.8) is 0 Å². The van der Waals surface area contributed by atoms with Crippen molar-refractivity contribution in [2.45, 2.75) is 0 Å². The van der Waals surface area contributed by atoms with E-state index >= 15 is 0 Å². The third kappa shape index (κ3) is 2.80. The number of amides is 1. The van der Waals surface area contributed by atoms with Crippen LogP contribution in [0, 0.1) is 0 Å². The Bertz CT molecular complexity index is 784. The highest BCUT2D eigenvalue weighted by Crippen LogP contribution is 2.22. The predicted octanol–water partition coefficient (Wildman–Crippen LogP) is 3.00. The largest absolute Gasteiger partial charge is 0.496 e. The van der Waals surface area contributed by atoms with Crippen LogP contribution < -0.4 is 10.1 Å². The van der Waals surface area contributed by atoms with Crippen LogP contribution in [0.2, 0.25) is 0 Å². The summed E-state index contributed by atoms with van der Waals surface area (Å²) < 4.78 is 10.3. The molecule has 0 aliphatic heterocycles. The predicted molar refractivity (Wildman–Crippen MR) is 80.7 cm³/mol. The van der Waals surface area contributed by atoms with Crippen molar-refractivity contribution in [2.75, 3.05) is 12.4 Å². The van der Waals surface area contributed by atoms with Crippen molar-refractivity contribution < 1.29 is 14.1 Å². The normalized spacial score (nSPS) is 10.2. The summed E-state index contributed by atoms with van der Waals surface area (Å²) in [6, 6.07) is 14.0. The Kier molecular flexibility index (Phi) is 3.82. The lowest BCUT2D eigenvalue weighted by Crippen LogP contribution is -2.12. The van der Waals surface area contributed by atoms with Crippen LogP contribution in [-0.2, 0) is 0 Å². The average molecular weight is 295 g/mol. The number of ether oxygens (including phenoxy) is 1. The van der Waals surface area contributed by atoms with Crippen molar-refractivity contribution in [1.29, 1.82) is 0 Å². The molecule has 22 heavy (non-hydrogen) atoms. The number of methoxy groups -OCH3 is 1. The first-order valence-electron chi connectivity index (χ1n) is 6.60. The molecular formula is C16H13N3O3. The molecule has 0 radical (unpaired) electrons. The topological polar surface area (TPSA) is 77.2 Å². The van der Waals surface area contributed by atoms with Crippen LogP contribution in [0.1, 0.15) is 10.4 Å². The summed E-state index contributed by atoms with van der Waals surface area (Å²) >= 11 is 0. The molecule has 0 aliphatic carbocycles. The molecule has 1 amide bonds. The summed E-state index contributed by atoms with van der Waals surface area (Å²) in [7, 11) is 1.51. The second kappa shape index (κ2) is 6.09. The number of anilines is 1. The SMILES string of the molecule is COc1ccccc1C(=O)Nc1cc(-c2ccccn2)no1. The fraction of sp³-hybridized carbons (Fsp3) is 0.0625. The number of carbonyl (C=O) groups is 1. The molecule has 0 unspecified atom stereocenters. The molecule has 2 aromatic heterocycles. The molecule has 0 bridgehead atoms. The molecule has 110 valence electrons. The van der Waals surface area contributed by atoms with Gasteiger partial charge in [-0.05, 0) is 24.3 Å². The van der Waals surface area contributed by atoms with Crippen LogP contribution in [0.3, 0.4) is 0 Å². The van der Waals surface area contributed by atoms with E-state index < -0.39 is 0 Å². The van der Waals surface area contributed by atoms with Gasteiger partial charge < -0.3 is 9.26 Å². The molecule has 0 spiro atoms. The molecule has 6 heteroatoms. The smallest absolute Gasteiger partial charge is 0.261 e. The maximum Gasteiger partial charge on any atom is 0.261 e. The Hall–Kier alpha value is -3.15. The van der Waals surface area contributed by atoms with Gasteiger partial charge in [-0.25, -0.2) is 0 Å². The van der Waals surface area contributed by atoms with Crippen LogP contribution in [0.5, 0.6) is 5.75 Å². The van der Waals surface area contributed by atoms with E-state index in [1.807, 2.05) is 18.2 Å². The van der Waals surface area contributed by atoms with Gasteiger partial charge >= 0.3 is 0 Å². The van der Waals surface area contributed by atoms with Gasteiger partial charge in [0.25, 0.3) is 5.91 Å². The molecule has 1 N–H and O–H groups in total. The maximum atomic E-state index is 12.2. The molecule has 3 aromatic rings. The third-order valence-electron chi connectivity index (χ3n) is 3.03. The number of nitrogens with one attached hydrogen (secondary N) is 1. The van der Waals surface area contributed by atoms with Gasteiger partial charge in [0.15, 0.2) is 0 Å². The highest BCUT2D eigenvalue weighted by atomic mass is 16.5. The Balaban J connectivity index is 1.79. The van der Waals surface area contributed by atoms with Crippen molar-refractivity contribution in [1.82, 2.24) is 10.1 Å². The van der Waals surface area contributed by atoms with Crippen LogP contribution in [-0.4, -0.2) is 23.2 Å². The molecule has 3 rings (SSSR count). The van der Waals surface area contributed by atoms with Gasteiger partial charge in [0.2, 0.25) is 5.88 Å². The van der Waals surface area contributed by atoms with E-state index in [-0.39, 0.29) is 11.8 Å². The van der Waals surface area contributed by atoms with Gasteiger partial charge in [-0.2, -0.15) is 0 Å². The van der Waals surface area contributed by atoms with E-state index in [4.69, 9.17) is 9.26 Å². The number of aromatic nitrogens is 2. The lowest BCUT2D eigenvalue weighted by molar-refractivity contribution is 0.102. The van der Waals surface area contributed by atoms with Crippen molar-refractivity contribution >= 4 is 11.8 Å². The van der Waals surface area contributed by atoms with E-state index in [1.54, 1.807) is 36.5 Å². The number of hydrogen-bond acceptors (Lipinski definition) is 5. The zero-order valence-corrected chi connectivity index (χ0v) is 11.8. The summed E-state index contributed by atoms with van der Waals surface area (Å²) in [4.78, 5) is 16.4. The Morgan fingerprint density at radius 2 is 1.95 bits per heavy atom. The standard InChI is InChI=1S/C16H13N3O3/c1-21-14-8-3-2-6-11(14)16(20)18-15-10-13(19-22-15)12-7-4-5-9-17-12/h2-10H,1H3,(H,18,20). The van der Waals surface area contributed by atoms with E-state index in [1.165, 1.54) is 7.11 Å². The summed E-state index contributed by atoms with van der Waals surface area (Å²) in [6.07, 6.45) is 1.66. The van der Waals surface area contributed by atoms with Gasteiger partial charge in [-0.3, -0.25) is 15.1 Å². The third-order valence-corrected chi connectivity index (χ3v) is 3.03. The summed E-state index contributed by atoms with van der Waals surface area (Å²) in [5, 5.41) is 6.54. The molecule has 0 atom stereocenters. The minimum atomic E-state index is -0.332. The van der Waals surface area contributed by atoms with E-state index in [0.717, 1.165) is 0 Å². The minimum Gasteiger partial charge on any atom is -0.496 e. The first kappa shape index (κ1) is 13.8. The quantitative estimate of drug-likeness (QED) is 0.800. The van der Waals surface area contributed by atoms with Gasteiger partial charge in [0.05, 0.1) is 18.4 Å². The fourth-order valence-electron chi connectivity index (χ4n) is 1.98. The van der Waals surface area contributed by atoms with Crippen molar-refractivity contribution in [3.8, 4) is 17.1 Å². The molecule has 2 heterocycles. The number of pyridine rings is 1. The second-order valence-electron chi connectivity index (χ2n) is 4.45. The van der Waals surface area contributed by atoms with Gasteiger partial charge in [0.1, 0.15) is 11.4 Å². The molecule has 1 aromatic carbocycles. The summed E-state index contributed by atoms with van der Waals surface area (Å²) in [5.74, 6) is 0.405. The monoisotopic (exact) mass is 295 g/mol. The fourth-order valence-corrected chi connectivity index (χ4v) is 1.98. The molecule has 6 nitrogen and oxygen atoms in total. The zero-order chi connectivity index (χ0) is 15.4. The minimum absolute atomic E-state index is 0.247. The number of nitrogens with zero attached hydrogens (tertiary/aromatic N) is 2. The number of benzene rings is 1. The highest BCUT2D eigenvalue weighted by molar-refractivity contribution is 6.05. The van der Waals surface area contributed by atoms with Gasteiger partial charge in [-0.15, -0.1) is 0 Å². The maximum absolute atomic E-state index is 12.2. The first-order valence-corrected chi connectivity index (χ1v) is 6.60. The Morgan fingerprint density at radius 1 is 1.14 bits per heavy atom. The first-order chi connectivity index (χ1) is 10.8. The second-order valence-corrected chi connectivity index (χ2v) is 4.45. The zero-order valence-electron chi connectivity index (χ0n) is 11.8. The van der Waals surface area contributed by atoms with E-state index in [0.29, 0.717) is 22.7 Å². The van der Waals surface area contributed by atoms with E-state index in [2.05, 4.69) is 15.5 Å². The van der Waals surface area contributed by atoms with E-state index in [9.17, 15) is 4.79 Å². The summed E-state index contributed by atoms with van der Waals surface area (Å²) in [6.45, 7) is 0. The Morgan fingerprint density at radius 3 is 2.73 bits per heavy atom. The molecule has 0 saturated carbocycles. The van der Waals surface area contributed by atoms with Gasteiger partial charge in [0, 0.05) is 12.3 Å². The van der Waals surface area contributed by atoms with Crippen molar-refractivity contribution in [3.05, 3.63) is 60.3 Å². The van der Waals surface area contributed by atoms with Gasteiger partial charge in [-0.1, -0.05) is 23.4 Å². The lowest BCUT2D eigenvalue weighted by atomic mass is 10.2. The molecule has 0 fully saturated rings. The molecule has 0 saturated heterocycles. The average Bonchev–Trinajstić information content (AvgIpc) is 3.04.